The van der Waals surface area contributed by atoms with E-state index in [9.17, 15) is 0 Å². The molecule has 3 heteroatoms. The van der Waals surface area contributed by atoms with E-state index < -0.39 is 0 Å². The zero-order valence-electron chi connectivity index (χ0n) is 13.1. The lowest BCUT2D eigenvalue weighted by Gasteiger charge is -2.20. The Morgan fingerprint density at radius 3 is 2.29 bits per heavy atom. The third-order valence-corrected chi connectivity index (χ3v) is 4.22. The molecule has 21 heavy (non-hydrogen) atoms. The first kappa shape index (κ1) is 14.1. The summed E-state index contributed by atoms with van der Waals surface area (Å²) < 4.78 is 0. The number of benzene rings is 1. The van der Waals surface area contributed by atoms with E-state index in [0.717, 1.165) is 35.5 Å². The second-order valence-electron chi connectivity index (χ2n) is 6.89. The van der Waals surface area contributed by atoms with Crippen LogP contribution in [0, 0.1) is 0 Å². The van der Waals surface area contributed by atoms with Crippen molar-refractivity contribution in [1.29, 1.82) is 0 Å². The zero-order chi connectivity index (χ0) is 15.0. The predicted molar refractivity (Wildman–Crippen MR) is 87.2 cm³/mol. The van der Waals surface area contributed by atoms with Gasteiger partial charge in [-0.25, -0.2) is 9.97 Å². The predicted octanol–water partition coefficient (Wildman–Crippen LogP) is 3.90. The molecule has 110 valence electrons. The van der Waals surface area contributed by atoms with Gasteiger partial charge in [0.15, 0.2) is 5.82 Å². The topological polar surface area (TPSA) is 51.8 Å². The molecule has 1 aromatic carbocycles. The number of hydrogen-bond acceptors (Lipinski definition) is 3. The van der Waals surface area contributed by atoms with Crippen molar-refractivity contribution in [3.63, 3.8) is 0 Å². The summed E-state index contributed by atoms with van der Waals surface area (Å²) in [4.78, 5) is 9.26. The summed E-state index contributed by atoms with van der Waals surface area (Å²) in [5, 5.41) is 0. The fraction of sp³-hybridized carbons (Fsp3) is 0.444. The van der Waals surface area contributed by atoms with E-state index in [1.54, 1.807) is 0 Å². The molecule has 1 aromatic heterocycles. The van der Waals surface area contributed by atoms with Gasteiger partial charge in [0.1, 0.15) is 5.82 Å². The Morgan fingerprint density at radius 1 is 0.952 bits per heavy atom. The van der Waals surface area contributed by atoms with Crippen molar-refractivity contribution in [3.05, 3.63) is 41.1 Å². The fourth-order valence-electron chi connectivity index (χ4n) is 2.87. The van der Waals surface area contributed by atoms with Crippen LogP contribution in [-0.4, -0.2) is 9.97 Å². The van der Waals surface area contributed by atoms with Crippen molar-refractivity contribution >= 4 is 5.82 Å². The van der Waals surface area contributed by atoms with Gasteiger partial charge in [0, 0.05) is 16.8 Å². The van der Waals surface area contributed by atoms with Gasteiger partial charge in [0.2, 0.25) is 0 Å². The van der Waals surface area contributed by atoms with Gasteiger partial charge in [0.25, 0.3) is 0 Å². The Morgan fingerprint density at radius 2 is 1.62 bits per heavy atom. The monoisotopic (exact) mass is 281 g/mol. The normalized spacial score (nSPS) is 14.8. The molecule has 0 saturated carbocycles. The molecule has 0 spiro atoms. The quantitative estimate of drug-likeness (QED) is 0.862. The summed E-state index contributed by atoms with van der Waals surface area (Å²) in [6, 6.07) is 8.53. The van der Waals surface area contributed by atoms with Gasteiger partial charge in [-0.05, 0) is 36.7 Å². The summed E-state index contributed by atoms with van der Waals surface area (Å²) in [6.45, 7) is 6.65. The number of nitrogens with two attached hydrogens (primary N) is 1. The van der Waals surface area contributed by atoms with Crippen LogP contribution in [0.4, 0.5) is 5.82 Å². The van der Waals surface area contributed by atoms with E-state index in [-0.39, 0.29) is 5.41 Å². The van der Waals surface area contributed by atoms with Crippen molar-refractivity contribution in [2.24, 2.45) is 0 Å². The third-order valence-electron chi connectivity index (χ3n) is 4.22. The highest BCUT2D eigenvalue weighted by Crippen LogP contribution is 2.28. The summed E-state index contributed by atoms with van der Waals surface area (Å²) in [7, 11) is 0. The Balaban J connectivity index is 1.99. The van der Waals surface area contributed by atoms with Gasteiger partial charge in [-0.3, -0.25) is 0 Å². The molecule has 0 amide bonds. The summed E-state index contributed by atoms with van der Waals surface area (Å²) >= 11 is 0. The molecule has 1 aliphatic carbocycles. The van der Waals surface area contributed by atoms with Gasteiger partial charge >= 0.3 is 0 Å². The summed E-state index contributed by atoms with van der Waals surface area (Å²) in [5.41, 5.74) is 11.0. The highest BCUT2D eigenvalue weighted by molar-refractivity contribution is 5.59. The highest BCUT2D eigenvalue weighted by Gasteiger charge is 2.17. The second-order valence-corrected chi connectivity index (χ2v) is 6.89. The number of hydrogen-bond donors (Lipinski definition) is 1. The van der Waals surface area contributed by atoms with E-state index in [0.29, 0.717) is 5.82 Å². The molecule has 2 aromatic rings. The second kappa shape index (κ2) is 5.14. The number of nitrogens with zero attached hydrogens (tertiary/aromatic N) is 2. The number of aryl methyl sites for hydroxylation is 1. The minimum Gasteiger partial charge on any atom is -0.383 e. The van der Waals surface area contributed by atoms with E-state index in [1.165, 1.54) is 18.4 Å². The van der Waals surface area contributed by atoms with Crippen LogP contribution in [-0.2, 0) is 18.3 Å². The molecule has 0 saturated heterocycles. The Bertz CT molecular complexity index is 651. The van der Waals surface area contributed by atoms with Crippen molar-refractivity contribution in [1.82, 2.24) is 9.97 Å². The van der Waals surface area contributed by atoms with Crippen LogP contribution in [0.25, 0.3) is 11.4 Å². The first-order valence-electron chi connectivity index (χ1n) is 7.71. The summed E-state index contributed by atoms with van der Waals surface area (Å²) in [5.74, 6) is 1.42. The maximum atomic E-state index is 6.13. The molecule has 2 N–H and O–H groups in total. The van der Waals surface area contributed by atoms with Crippen LogP contribution in [0.1, 0.15) is 50.4 Å². The molecule has 0 radical (unpaired) electrons. The molecule has 0 unspecified atom stereocenters. The van der Waals surface area contributed by atoms with Gasteiger partial charge in [-0.1, -0.05) is 45.0 Å². The molecule has 1 heterocycles. The maximum absolute atomic E-state index is 6.13. The van der Waals surface area contributed by atoms with Gasteiger partial charge in [-0.2, -0.15) is 0 Å². The van der Waals surface area contributed by atoms with Crippen LogP contribution in [0.2, 0.25) is 0 Å². The Labute approximate surface area is 126 Å². The molecule has 0 atom stereocenters. The molecule has 1 aliphatic rings. The average Bonchev–Trinajstić information content (AvgIpc) is 2.46. The SMILES string of the molecule is CC(C)(C)c1ccc(-c2nc(N)c3c(n2)CCCC3)cc1. The molecule has 0 bridgehead atoms. The highest BCUT2D eigenvalue weighted by atomic mass is 15.0. The molecule has 3 rings (SSSR count). The van der Waals surface area contributed by atoms with Gasteiger partial charge in [-0.15, -0.1) is 0 Å². The van der Waals surface area contributed by atoms with Crippen LogP contribution >= 0.6 is 0 Å². The Hall–Kier alpha value is -1.90. The van der Waals surface area contributed by atoms with E-state index in [4.69, 9.17) is 10.7 Å². The molecule has 0 aliphatic heterocycles. The van der Waals surface area contributed by atoms with E-state index >= 15 is 0 Å². The van der Waals surface area contributed by atoms with Crippen LogP contribution in [0.15, 0.2) is 24.3 Å². The zero-order valence-corrected chi connectivity index (χ0v) is 13.1. The van der Waals surface area contributed by atoms with Crippen molar-refractivity contribution in [2.75, 3.05) is 5.73 Å². The lowest BCUT2D eigenvalue weighted by molar-refractivity contribution is 0.590. The number of anilines is 1. The lowest BCUT2D eigenvalue weighted by atomic mass is 9.86. The first-order chi connectivity index (χ1) is 9.95. The Kier molecular flexibility index (Phi) is 3.44. The van der Waals surface area contributed by atoms with Crippen LogP contribution in [0.3, 0.4) is 0 Å². The molecule has 0 fully saturated rings. The van der Waals surface area contributed by atoms with Crippen molar-refractivity contribution < 1.29 is 0 Å². The minimum absolute atomic E-state index is 0.161. The minimum atomic E-state index is 0.161. The maximum Gasteiger partial charge on any atom is 0.161 e. The van der Waals surface area contributed by atoms with Gasteiger partial charge < -0.3 is 5.73 Å². The average molecular weight is 281 g/mol. The van der Waals surface area contributed by atoms with Crippen molar-refractivity contribution in [2.45, 2.75) is 51.9 Å². The number of fused-ring (bicyclic) bond motifs is 1. The summed E-state index contributed by atoms with van der Waals surface area (Å²) in [6.07, 6.45) is 4.44. The number of aromatic nitrogens is 2. The smallest absolute Gasteiger partial charge is 0.161 e. The van der Waals surface area contributed by atoms with Crippen LogP contribution < -0.4 is 5.73 Å². The van der Waals surface area contributed by atoms with E-state index in [1.807, 2.05) is 0 Å². The van der Waals surface area contributed by atoms with Gasteiger partial charge in [0.05, 0.1) is 0 Å². The lowest BCUT2D eigenvalue weighted by Crippen LogP contribution is -2.12. The van der Waals surface area contributed by atoms with E-state index in [2.05, 4.69) is 50.0 Å². The number of nitrogen functional groups attached to an aromatic ring is 1. The number of rotatable bonds is 1. The van der Waals surface area contributed by atoms with Crippen LogP contribution in [0.5, 0.6) is 0 Å². The standard InChI is InChI=1S/C18H23N3/c1-18(2,3)13-10-8-12(9-11-13)17-20-15-7-5-4-6-14(15)16(19)21-17/h8-11H,4-7H2,1-3H3,(H2,19,20,21). The first-order valence-corrected chi connectivity index (χ1v) is 7.71. The molecular formula is C18H23N3. The largest absolute Gasteiger partial charge is 0.383 e. The fourth-order valence-corrected chi connectivity index (χ4v) is 2.87. The third kappa shape index (κ3) is 2.78. The molecule has 3 nitrogen and oxygen atoms in total. The van der Waals surface area contributed by atoms with Crippen molar-refractivity contribution in [3.8, 4) is 11.4 Å². The molecular weight excluding hydrogens is 258 g/mol.